The minimum atomic E-state index is -4.48. The van der Waals surface area contributed by atoms with Crippen molar-refractivity contribution in [3.8, 4) is 5.75 Å². The number of piperazine rings is 1. The van der Waals surface area contributed by atoms with Gasteiger partial charge in [-0.25, -0.2) is 0 Å². The van der Waals surface area contributed by atoms with Gasteiger partial charge in [-0.1, -0.05) is 6.07 Å². The minimum absolute atomic E-state index is 0.0204. The monoisotopic (exact) mass is 534 g/mol. The average Bonchev–Trinajstić information content (AvgIpc) is 3.49. The van der Waals surface area contributed by atoms with E-state index in [9.17, 15) is 18.0 Å². The van der Waals surface area contributed by atoms with Gasteiger partial charge in [0.2, 0.25) is 0 Å². The number of carbonyl (C=O) groups excluding carboxylic acids is 1. The normalized spacial score (nSPS) is 20.4. The average molecular weight is 535 g/mol. The Bertz CT molecular complexity index is 1130. The van der Waals surface area contributed by atoms with E-state index >= 15 is 0 Å². The van der Waals surface area contributed by atoms with Crippen molar-refractivity contribution < 1.29 is 27.8 Å². The Morgan fingerprint density at radius 3 is 2.53 bits per heavy atom. The number of hydrogen-bond donors (Lipinski definition) is 1. The third kappa shape index (κ3) is 5.97. The number of ether oxygens (including phenoxy) is 1. The molecule has 0 saturated carbocycles. The van der Waals surface area contributed by atoms with Crippen molar-refractivity contribution in [2.75, 3.05) is 46.4 Å². The number of hydrogen-bond acceptors (Lipinski definition) is 6. The van der Waals surface area contributed by atoms with Crippen molar-refractivity contribution in [2.24, 2.45) is 0 Å². The number of pyridine rings is 1. The van der Waals surface area contributed by atoms with Crippen LogP contribution in [0.4, 0.5) is 13.2 Å². The molecule has 208 valence electrons. The summed E-state index contributed by atoms with van der Waals surface area (Å²) in [6.07, 6.45) is -2.03. The highest BCUT2D eigenvalue weighted by Gasteiger charge is 2.47. The first kappa shape index (κ1) is 28.3. The van der Waals surface area contributed by atoms with E-state index in [-0.39, 0.29) is 36.3 Å². The molecule has 7 nitrogen and oxygen atoms in total. The minimum Gasteiger partial charge on any atom is -0.493 e. The summed E-state index contributed by atoms with van der Waals surface area (Å²) in [5, 5.41) is 9.01. The summed E-state index contributed by atoms with van der Waals surface area (Å²) in [6.45, 7) is 9.91. The number of aliphatic hydroxyl groups is 1. The molecule has 38 heavy (non-hydrogen) atoms. The van der Waals surface area contributed by atoms with Crippen molar-refractivity contribution >= 4 is 5.91 Å². The van der Waals surface area contributed by atoms with E-state index in [2.05, 4.69) is 41.6 Å². The maximum atomic E-state index is 13.0. The third-order valence-corrected chi connectivity index (χ3v) is 8.00. The van der Waals surface area contributed by atoms with Crippen LogP contribution in [0.5, 0.6) is 5.75 Å². The highest BCUT2D eigenvalue weighted by molar-refractivity contribution is 5.93. The number of aliphatic hydroxyl groups excluding tert-OH is 1. The molecule has 0 unspecified atom stereocenters. The number of rotatable bonds is 10. The molecule has 0 radical (unpaired) electrons. The lowest BCUT2D eigenvalue weighted by molar-refractivity contribution is -0.137. The number of aromatic nitrogens is 1. The molecular formula is C28H37F3N4O3. The van der Waals surface area contributed by atoms with Crippen LogP contribution in [0.3, 0.4) is 0 Å². The predicted octanol–water partition coefficient (Wildman–Crippen LogP) is 4.07. The molecule has 0 spiro atoms. The lowest BCUT2D eigenvalue weighted by Gasteiger charge is -2.38. The number of benzene rings is 1. The van der Waals surface area contributed by atoms with Crippen LogP contribution in [0, 0.1) is 13.8 Å². The molecule has 1 aromatic carbocycles. The van der Waals surface area contributed by atoms with Crippen LogP contribution in [0.2, 0.25) is 0 Å². The van der Waals surface area contributed by atoms with E-state index < -0.39 is 11.7 Å². The Balaban J connectivity index is 1.35. The van der Waals surface area contributed by atoms with Crippen molar-refractivity contribution in [2.45, 2.75) is 57.9 Å². The number of carbonyl (C=O) groups is 1. The number of alkyl halides is 3. The van der Waals surface area contributed by atoms with Gasteiger partial charge in [0.1, 0.15) is 11.4 Å². The fourth-order valence-electron chi connectivity index (χ4n) is 5.66. The molecular weight excluding hydrogens is 497 g/mol. The molecule has 0 aliphatic carbocycles. The summed E-state index contributed by atoms with van der Waals surface area (Å²) in [4.78, 5) is 23.1. The molecule has 2 aliphatic rings. The van der Waals surface area contributed by atoms with E-state index in [0.717, 1.165) is 49.5 Å². The van der Waals surface area contributed by atoms with Crippen molar-refractivity contribution in [3.63, 3.8) is 0 Å². The number of amides is 1. The lowest BCUT2D eigenvalue weighted by Crippen LogP contribution is -2.49. The van der Waals surface area contributed by atoms with E-state index in [1.165, 1.54) is 17.2 Å². The van der Waals surface area contributed by atoms with Gasteiger partial charge < -0.3 is 19.6 Å². The van der Waals surface area contributed by atoms with Crippen molar-refractivity contribution in [1.82, 2.24) is 19.7 Å². The molecule has 10 heteroatoms. The Labute approximate surface area is 222 Å². The predicted molar refractivity (Wildman–Crippen MR) is 138 cm³/mol. The molecule has 1 amide bonds. The van der Waals surface area contributed by atoms with Gasteiger partial charge >= 0.3 is 6.18 Å². The van der Waals surface area contributed by atoms with Gasteiger partial charge in [-0.05, 0) is 75.5 Å². The molecule has 2 bridgehead atoms. The van der Waals surface area contributed by atoms with Gasteiger partial charge in [0.05, 0.1) is 18.8 Å². The lowest BCUT2D eigenvalue weighted by atomic mass is 9.96. The highest BCUT2D eigenvalue weighted by Crippen LogP contribution is 2.39. The largest absolute Gasteiger partial charge is 0.493 e. The molecule has 4 rings (SSSR count). The molecule has 2 fully saturated rings. The fourth-order valence-corrected chi connectivity index (χ4v) is 5.66. The zero-order valence-corrected chi connectivity index (χ0v) is 22.5. The van der Waals surface area contributed by atoms with Gasteiger partial charge in [0.15, 0.2) is 0 Å². The quantitative estimate of drug-likeness (QED) is 0.464. The van der Waals surface area contributed by atoms with E-state index in [4.69, 9.17) is 9.84 Å². The Hall–Kier alpha value is -2.69. The number of halogens is 3. The van der Waals surface area contributed by atoms with Crippen LogP contribution >= 0.6 is 0 Å². The van der Waals surface area contributed by atoms with Gasteiger partial charge in [-0.15, -0.1) is 0 Å². The van der Waals surface area contributed by atoms with Crippen LogP contribution in [0.25, 0.3) is 0 Å². The third-order valence-electron chi connectivity index (χ3n) is 8.00. The van der Waals surface area contributed by atoms with Crippen LogP contribution < -0.4 is 4.74 Å². The zero-order valence-electron chi connectivity index (χ0n) is 22.5. The molecule has 3 atom stereocenters. The summed E-state index contributed by atoms with van der Waals surface area (Å²) >= 11 is 0. The molecule has 1 aromatic heterocycles. The number of nitrogens with zero attached hydrogens (tertiary/aromatic N) is 4. The highest BCUT2D eigenvalue weighted by atomic mass is 19.4. The van der Waals surface area contributed by atoms with Gasteiger partial charge in [0, 0.05) is 50.5 Å². The topological polar surface area (TPSA) is 69.1 Å². The molecule has 1 N–H and O–H groups in total. The number of likely N-dealkylation sites (N-methyl/N-ethyl adjacent to an activating group) is 1. The number of likely N-dealkylation sites (tertiary alicyclic amines) is 2. The van der Waals surface area contributed by atoms with Crippen LogP contribution in [0.15, 0.2) is 30.5 Å². The molecule has 2 aliphatic heterocycles. The second-order valence-corrected chi connectivity index (χ2v) is 10.4. The van der Waals surface area contributed by atoms with E-state index in [0.29, 0.717) is 19.7 Å². The SMILES string of the molecule is Cc1c(OCCCN(C)CCO)ccc([C@H](C)N2C[C@@H]3C[C@H]2CN3C(=O)c2ccc(C(F)(F)F)cn2)c1C. The van der Waals surface area contributed by atoms with Crippen LogP contribution in [-0.2, 0) is 6.18 Å². The molecule has 3 heterocycles. The van der Waals surface area contributed by atoms with Gasteiger partial charge in [-0.2, -0.15) is 13.2 Å². The Morgan fingerprint density at radius 2 is 1.92 bits per heavy atom. The smallest absolute Gasteiger partial charge is 0.417 e. The second kappa shape index (κ2) is 11.6. The Kier molecular flexibility index (Phi) is 8.64. The maximum Gasteiger partial charge on any atom is 0.417 e. The van der Waals surface area contributed by atoms with Crippen molar-refractivity contribution in [1.29, 1.82) is 0 Å². The second-order valence-electron chi connectivity index (χ2n) is 10.4. The first-order valence-electron chi connectivity index (χ1n) is 13.1. The number of fused-ring (bicyclic) bond motifs is 2. The molecule has 2 aromatic rings. The first-order chi connectivity index (χ1) is 18.0. The fraction of sp³-hybridized carbons (Fsp3) is 0.571. The summed E-state index contributed by atoms with van der Waals surface area (Å²) in [5.41, 5.74) is 2.73. The first-order valence-corrected chi connectivity index (χ1v) is 13.1. The van der Waals surface area contributed by atoms with E-state index in [1.54, 1.807) is 4.90 Å². The van der Waals surface area contributed by atoms with Crippen LogP contribution in [0.1, 0.15) is 58.5 Å². The van der Waals surface area contributed by atoms with Gasteiger partial charge in [-0.3, -0.25) is 14.7 Å². The van der Waals surface area contributed by atoms with E-state index in [1.807, 2.05) is 13.1 Å². The standard InChI is InChI=1S/C28H37F3N4O3/c1-18-19(2)26(38-13-5-10-33(4)11-12-36)9-7-24(18)20(3)34-16-23-14-22(34)17-35(23)27(37)25-8-6-21(15-32-25)28(29,30)31/h6-9,15,20,22-23,36H,5,10-14,16-17H2,1-4H3/t20-,22-,23-/m0/s1. The Morgan fingerprint density at radius 1 is 1.16 bits per heavy atom. The zero-order chi connectivity index (χ0) is 27.6. The summed E-state index contributed by atoms with van der Waals surface area (Å²) in [5.74, 6) is 0.571. The maximum absolute atomic E-state index is 13.0. The van der Waals surface area contributed by atoms with Crippen LogP contribution in [-0.4, -0.2) is 89.2 Å². The summed E-state index contributed by atoms with van der Waals surface area (Å²) in [6, 6.07) is 6.61. The van der Waals surface area contributed by atoms with Gasteiger partial charge in [0.25, 0.3) is 5.91 Å². The molecule has 2 saturated heterocycles. The van der Waals surface area contributed by atoms with Crippen molar-refractivity contribution in [3.05, 3.63) is 58.4 Å². The summed E-state index contributed by atoms with van der Waals surface area (Å²) in [7, 11) is 1.98. The summed E-state index contributed by atoms with van der Waals surface area (Å²) < 4.78 is 44.6.